The highest BCUT2D eigenvalue weighted by molar-refractivity contribution is 14.0. The highest BCUT2D eigenvalue weighted by atomic mass is 127. The van der Waals surface area contributed by atoms with E-state index in [-0.39, 0.29) is 35.7 Å². The number of hydrogen-bond acceptors (Lipinski definition) is 4. The summed E-state index contributed by atoms with van der Waals surface area (Å²) in [5.74, 6) is 0.283. The van der Waals surface area contributed by atoms with E-state index < -0.39 is 11.6 Å². The fourth-order valence-corrected chi connectivity index (χ4v) is 4.47. The van der Waals surface area contributed by atoms with Crippen LogP contribution in [-0.4, -0.2) is 87.2 Å². The number of hydrogen-bond donors (Lipinski definition) is 2. The van der Waals surface area contributed by atoms with E-state index in [0.717, 1.165) is 51.6 Å². The van der Waals surface area contributed by atoms with Gasteiger partial charge in [0.2, 0.25) is 0 Å². The Labute approximate surface area is 208 Å². The van der Waals surface area contributed by atoms with Crippen molar-refractivity contribution in [2.24, 2.45) is 10.9 Å². The highest BCUT2D eigenvalue weighted by Gasteiger charge is 2.28. The Morgan fingerprint density at radius 2 is 1.78 bits per heavy atom. The van der Waals surface area contributed by atoms with Gasteiger partial charge in [0.1, 0.15) is 17.3 Å². The van der Waals surface area contributed by atoms with Gasteiger partial charge in [0.15, 0.2) is 5.96 Å². The minimum Gasteiger partial charge on any atom is -0.365 e. The molecule has 1 aromatic carbocycles. The summed E-state index contributed by atoms with van der Waals surface area (Å²) in [7, 11) is 2.17. The first-order valence-corrected chi connectivity index (χ1v) is 11.6. The largest absolute Gasteiger partial charge is 0.365 e. The fourth-order valence-electron chi connectivity index (χ4n) is 4.47. The van der Waals surface area contributed by atoms with Gasteiger partial charge in [-0.05, 0) is 38.4 Å². The minimum absolute atomic E-state index is 0. The van der Waals surface area contributed by atoms with Crippen molar-refractivity contribution in [1.82, 2.24) is 20.4 Å². The lowest BCUT2D eigenvalue weighted by Crippen LogP contribution is -2.52. The third-order valence-corrected chi connectivity index (χ3v) is 6.34. The van der Waals surface area contributed by atoms with Crippen LogP contribution in [0.1, 0.15) is 27.2 Å². The van der Waals surface area contributed by atoms with Crippen LogP contribution in [0.4, 0.5) is 14.5 Å². The molecule has 2 unspecified atom stereocenters. The number of benzene rings is 1. The molecule has 0 saturated carbocycles. The maximum Gasteiger partial charge on any atom is 0.191 e. The van der Waals surface area contributed by atoms with Gasteiger partial charge in [-0.2, -0.15) is 0 Å². The standard InChI is InChI=1S/C23H38F2N6.HI/c1-5-26-23(27-15-21(17(2)3)30-13-11-29(4)12-14-30)28-18-9-10-31(16-18)22-19(24)7-6-8-20(22)25;/h6-8,17-18,21H,5,9-16H2,1-4H3,(H2,26,27,28);1H. The van der Waals surface area contributed by atoms with Crippen molar-refractivity contribution in [2.75, 3.05) is 64.3 Å². The van der Waals surface area contributed by atoms with Gasteiger partial charge in [-0.1, -0.05) is 19.9 Å². The molecule has 0 amide bonds. The molecule has 1 aromatic rings. The maximum absolute atomic E-state index is 14.2. The predicted octanol–water partition coefficient (Wildman–Crippen LogP) is 2.99. The Balaban J connectivity index is 0.00000363. The van der Waals surface area contributed by atoms with Crippen LogP contribution < -0.4 is 15.5 Å². The molecular formula is C23H39F2IN6. The van der Waals surface area contributed by atoms with Crippen LogP contribution >= 0.6 is 24.0 Å². The van der Waals surface area contributed by atoms with E-state index in [1.54, 1.807) is 4.90 Å². The van der Waals surface area contributed by atoms with Gasteiger partial charge in [-0.25, -0.2) is 8.78 Å². The molecule has 2 aliphatic heterocycles. The van der Waals surface area contributed by atoms with Crippen LogP contribution in [0, 0.1) is 17.6 Å². The average Bonchev–Trinajstić information content (AvgIpc) is 3.17. The molecule has 2 atom stereocenters. The highest BCUT2D eigenvalue weighted by Crippen LogP contribution is 2.26. The number of anilines is 1. The monoisotopic (exact) mass is 564 g/mol. The molecule has 2 saturated heterocycles. The normalized spacial score (nSPS) is 21.5. The van der Waals surface area contributed by atoms with E-state index in [1.165, 1.54) is 18.2 Å². The predicted molar refractivity (Wildman–Crippen MR) is 139 cm³/mol. The number of rotatable bonds is 7. The average molecular weight is 565 g/mol. The number of likely N-dealkylation sites (N-methyl/N-ethyl adjacent to an activating group) is 1. The van der Waals surface area contributed by atoms with Crippen LogP contribution in [0.3, 0.4) is 0 Å². The summed E-state index contributed by atoms with van der Waals surface area (Å²) >= 11 is 0. The van der Waals surface area contributed by atoms with Crippen molar-refractivity contribution >= 4 is 35.6 Å². The lowest BCUT2D eigenvalue weighted by Gasteiger charge is -2.39. The molecule has 9 heteroatoms. The summed E-state index contributed by atoms with van der Waals surface area (Å²) in [6.45, 7) is 13.6. The second-order valence-electron chi connectivity index (χ2n) is 9.02. The summed E-state index contributed by atoms with van der Waals surface area (Å²) < 4.78 is 28.3. The number of aliphatic imine (C=N–C) groups is 1. The zero-order valence-electron chi connectivity index (χ0n) is 19.8. The zero-order chi connectivity index (χ0) is 22.4. The second kappa shape index (κ2) is 12.9. The number of nitrogens with zero attached hydrogens (tertiary/aromatic N) is 4. The van der Waals surface area contributed by atoms with E-state index in [9.17, 15) is 8.78 Å². The van der Waals surface area contributed by atoms with Gasteiger partial charge < -0.3 is 20.4 Å². The molecule has 3 rings (SSSR count). The summed E-state index contributed by atoms with van der Waals surface area (Å²) in [4.78, 5) is 11.6. The van der Waals surface area contributed by atoms with E-state index in [1.807, 2.05) is 6.92 Å². The van der Waals surface area contributed by atoms with E-state index in [2.05, 4.69) is 41.3 Å². The van der Waals surface area contributed by atoms with Gasteiger partial charge in [0.25, 0.3) is 0 Å². The minimum atomic E-state index is -0.506. The Kier molecular flexibility index (Phi) is 10.9. The van der Waals surface area contributed by atoms with Crippen LogP contribution in [0.5, 0.6) is 0 Å². The molecular weight excluding hydrogens is 525 g/mol. The van der Waals surface area contributed by atoms with Crippen molar-refractivity contribution in [3.05, 3.63) is 29.8 Å². The van der Waals surface area contributed by atoms with E-state index in [4.69, 9.17) is 4.99 Å². The van der Waals surface area contributed by atoms with Crippen LogP contribution in [0.2, 0.25) is 0 Å². The Morgan fingerprint density at radius 1 is 1.12 bits per heavy atom. The Hall–Kier alpha value is -1.20. The first-order chi connectivity index (χ1) is 14.9. The lowest BCUT2D eigenvalue weighted by atomic mass is 10.0. The lowest BCUT2D eigenvalue weighted by molar-refractivity contribution is 0.0925. The molecule has 2 fully saturated rings. The Bertz CT molecular complexity index is 719. The first kappa shape index (κ1) is 27.0. The molecule has 0 aliphatic carbocycles. The SMILES string of the molecule is CCNC(=NCC(C(C)C)N1CCN(C)CC1)NC1CCN(c2c(F)cccc2F)C1.I. The van der Waals surface area contributed by atoms with Crippen molar-refractivity contribution in [3.63, 3.8) is 0 Å². The molecule has 6 nitrogen and oxygen atoms in total. The Morgan fingerprint density at radius 3 is 2.38 bits per heavy atom. The molecule has 0 aromatic heterocycles. The molecule has 32 heavy (non-hydrogen) atoms. The number of para-hydroxylation sites is 1. The summed E-state index contributed by atoms with van der Waals surface area (Å²) in [6.07, 6.45) is 0.810. The quantitative estimate of drug-likeness (QED) is 0.303. The van der Waals surface area contributed by atoms with Crippen molar-refractivity contribution in [2.45, 2.75) is 39.3 Å². The fraction of sp³-hybridized carbons (Fsp3) is 0.696. The number of halogens is 3. The van der Waals surface area contributed by atoms with Gasteiger partial charge in [-0.3, -0.25) is 9.89 Å². The van der Waals surface area contributed by atoms with Gasteiger partial charge in [0, 0.05) is 57.9 Å². The van der Waals surface area contributed by atoms with E-state index >= 15 is 0 Å². The van der Waals surface area contributed by atoms with Crippen LogP contribution in [0.15, 0.2) is 23.2 Å². The van der Waals surface area contributed by atoms with Crippen LogP contribution in [-0.2, 0) is 0 Å². The molecule has 0 spiro atoms. The second-order valence-corrected chi connectivity index (χ2v) is 9.02. The molecule has 2 heterocycles. The van der Waals surface area contributed by atoms with Gasteiger partial charge >= 0.3 is 0 Å². The molecule has 2 aliphatic rings. The summed E-state index contributed by atoms with van der Waals surface area (Å²) in [5, 5.41) is 6.82. The summed E-state index contributed by atoms with van der Waals surface area (Å²) in [6, 6.07) is 4.53. The summed E-state index contributed by atoms with van der Waals surface area (Å²) in [5.41, 5.74) is 0.0728. The van der Waals surface area contributed by atoms with E-state index in [0.29, 0.717) is 25.0 Å². The third kappa shape index (κ3) is 7.15. The smallest absolute Gasteiger partial charge is 0.191 e. The topological polar surface area (TPSA) is 46.1 Å². The van der Waals surface area contributed by atoms with Crippen LogP contribution in [0.25, 0.3) is 0 Å². The molecule has 0 radical (unpaired) electrons. The van der Waals surface area contributed by atoms with Crippen molar-refractivity contribution in [3.8, 4) is 0 Å². The zero-order valence-corrected chi connectivity index (χ0v) is 22.1. The van der Waals surface area contributed by atoms with Gasteiger partial charge in [0.05, 0.1) is 6.54 Å². The number of guanidine groups is 1. The first-order valence-electron chi connectivity index (χ1n) is 11.6. The molecule has 2 N–H and O–H groups in total. The number of nitrogens with one attached hydrogen (secondary N) is 2. The number of piperazine rings is 1. The molecule has 182 valence electrons. The third-order valence-electron chi connectivity index (χ3n) is 6.34. The van der Waals surface area contributed by atoms with Crippen molar-refractivity contribution < 1.29 is 8.78 Å². The van der Waals surface area contributed by atoms with Crippen molar-refractivity contribution in [1.29, 1.82) is 0 Å². The maximum atomic E-state index is 14.2. The van der Waals surface area contributed by atoms with Gasteiger partial charge in [-0.15, -0.1) is 24.0 Å². The molecule has 0 bridgehead atoms.